The van der Waals surface area contributed by atoms with Gasteiger partial charge in [-0.2, -0.15) is 0 Å². The summed E-state index contributed by atoms with van der Waals surface area (Å²) in [5.41, 5.74) is 4.25. The number of benzene rings is 1. The highest BCUT2D eigenvalue weighted by molar-refractivity contribution is 6.32. The van der Waals surface area contributed by atoms with Crippen LogP contribution < -0.4 is 20.7 Å². The summed E-state index contributed by atoms with van der Waals surface area (Å²) in [5, 5.41) is 0.478. The standard InChI is InChI=1S/C14H15ClN4O2/c1-2-3-9-6-12(19-16)18-14(17-9)8-4-10(15)13-11(5-8)20-7-21-13/h4-6H,2-3,7,16H2,1H3,(H,17,18,19). The van der Waals surface area contributed by atoms with Gasteiger partial charge in [0.15, 0.2) is 17.3 Å². The molecule has 3 N–H and O–H groups in total. The van der Waals surface area contributed by atoms with E-state index >= 15 is 0 Å². The van der Waals surface area contributed by atoms with Crippen molar-refractivity contribution in [3.05, 3.63) is 28.9 Å². The molecule has 0 bridgehead atoms. The quantitative estimate of drug-likeness (QED) is 0.667. The highest BCUT2D eigenvalue weighted by Crippen LogP contribution is 2.41. The Kier molecular flexibility index (Phi) is 3.81. The van der Waals surface area contributed by atoms with E-state index in [9.17, 15) is 0 Å². The fourth-order valence-corrected chi connectivity index (χ4v) is 2.45. The number of aryl methyl sites for hydroxylation is 1. The fraction of sp³-hybridized carbons (Fsp3) is 0.286. The SMILES string of the molecule is CCCc1cc(NN)nc(-c2cc(Cl)c3c(c2)OCO3)n1. The monoisotopic (exact) mass is 306 g/mol. The normalized spacial score (nSPS) is 12.5. The maximum Gasteiger partial charge on any atom is 0.231 e. The number of fused-ring (bicyclic) bond motifs is 1. The summed E-state index contributed by atoms with van der Waals surface area (Å²) in [5.74, 6) is 7.75. The molecule has 21 heavy (non-hydrogen) atoms. The zero-order valence-corrected chi connectivity index (χ0v) is 12.3. The van der Waals surface area contributed by atoms with Crippen molar-refractivity contribution in [2.24, 2.45) is 5.84 Å². The minimum atomic E-state index is 0.171. The van der Waals surface area contributed by atoms with E-state index in [0.29, 0.717) is 28.2 Å². The number of anilines is 1. The van der Waals surface area contributed by atoms with E-state index in [2.05, 4.69) is 22.3 Å². The Labute approximate surface area is 127 Å². The van der Waals surface area contributed by atoms with Gasteiger partial charge in [-0.25, -0.2) is 15.8 Å². The molecule has 0 aliphatic carbocycles. The van der Waals surface area contributed by atoms with E-state index in [1.807, 2.05) is 12.1 Å². The van der Waals surface area contributed by atoms with Crippen molar-refractivity contribution in [2.45, 2.75) is 19.8 Å². The summed E-state index contributed by atoms with van der Waals surface area (Å²) in [6.45, 7) is 2.26. The van der Waals surface area contributed by atoms with Gasteiger partial charge in [-0.3, -0.25) is 0 Å². The topological polar surface area (TPSA) is 82.3 Å². The average Bonchev–Trinajstić information content (AvgIpc) is 2.96. The number of ether oxygens (including phenoxy) is 2. The smallest absolute Gasteiger partial charge is 0.231 e. The molecule has 1 aromatic heterocycles. The molecule has 0 fully saturated rings. The van der Waals surface area contributed by atoms with Gasteiger partial charge in [-0.1, -0.05) is 24.9 Å². The molecule has 0 saturated heterocycles. The highest BCUT2D eigenvalue weighted by Gasteiger charge is 2.20. The summed E-state index contributed by atoms with van der Waals surface area (Å²) >= 11 is 6.20. The molecule has 1 aliphatic heterocycles. The van der Waals surface area contributed by atoms with Gasteiger partial charge in [-0.15, -0.1) is 0 Å². The molecule has 3 rings (SSSR count). The van der Waals surface area contributed by atoms with E-state index in [1.165, 1.54) is 0 Å². The largest absolute Gasteiger partial charge is 0.454 e. The van der Waals surface area contributed by atoms with Crippen LogP contribution in [-0.2, 0) is 6.42 Å². The minimum Gasteiger partial charge on any atom is -0.454 e. The molecule has 1 aliphatic rings. The number of nitrogens with two attached hydrogens (primary N) is 1. The molecule has 1 aromatic carbocycles. The third-order valence-corrected chi connectivity index (χ3v) is 3.40. The van der Waals surface area contributed by atoms with Crippen LogP contribution in [0.15, 0.2) is 18.2 Å². The van der Waals surface area contributed by atoms with Gasteiger partial charge >= 0.3 is 0 Å². The first-order chi connectivity index (χ1) is 10.2. The molecule has 7 heteroatoms. The number of nitrogens with zero attached hydrogens (tertiary/aromatic N) is 2. The number of hydrazine groups is 1. The molecule has 2 heterocycles. The van der Waals surface area contributed by atoms with Gasteiger partial charge in [0.25, 0.3) is 0 Å². The average molecular weight is 307 g/mol. The summed E-state index contributed by atoms with van der Waals surface area (Å²) < 4.78 is 10.7. The number of nitrogens with one attached hydrogen (secondary N) is 1. The van der Waals surface area contributed by atoms with Gasteiger partial charge in [0.05, 0.1) is 5.02 Å². The number of hydrogen-bond donors (Lipinski definition) is 2. The van der Waals surface area contributed by atoms with E-state index in [4.69, 9.17) is 26.9 Å². The molecule has 2 aromatic rings. The predicted octanol–water partition coefficient (Wildman–Crippen LogP) is 2.76. The van der Waals surface area contributed by atoms with Crippen molar-refractivity contribution in [3.8, 4) is 22.9 Å². The molecular formula is C14H15ClN4O2. The lowest BCUT2D eigenvalue weighted by atomic mass is 10.1. The van der Waals surface area contributed by atoms with Crippen LogP contribution in [-0.4, -0.2) is 16.8 Å². The molecule has 0 amide bonds. The molecule has 0 radical (unpaired) electrons. The fourth-order valence-electron chi connectivity index (χ4n) is 2.18. The van der Waals surface area contributed by atoms with Crippen molar-refractivity contribution in [3.63, 3.8) is 0 Å². The Hall–Kier alpha value is -2.05. The molecular weight excluding hydrogens is 292 g/mol. The number of hydrogen-bond acceptors (Lipinski definition) is 6. The van der Waals surface area contributed by atoms with Crippen LogP contribution in [0.3, 0.4) is 0 Å². The number of nitrogen functional groups attached to an aromatic ring is 1. The third kappa shape index (κ3) is 2.72. The second kappa shape index (κ2) is 5.75. The van der Waals surface area contributed by atoms with Gasteiger partial charge < -0.3 is 14.9 Å². The van der Waals surface area contributed by atoms with Crippen LogP contribution >= 0.6 is 11.6 Å². The molecule has 0 atom stereocenters. The van der Waals surface area contributed by atoms with Gasteiger partial charge in [0.1, 0.15) is 5.82 Å². The van der Waals surface area contributed by atoms with Crippen molar-refractivity contribution in [1.29, 1.82) is 0 Å². The Morgan fingerprint density at radius 1 is 1.29 bits per heavy atom. The highest BCUT2D eigenvalue weighted by atomic mass is 35.5. The first-order valence-electron chi connectivity index (χ1n) is 6.65. The van der Waals surface area contributed by atoms with Crippen LogP contribution in [0, 0.1) is 0 Å². The van der Waals surface area contributed by atoms with Crippen molar-refractivity contribution in [2.75, 3.05) is 12.2 Å². The van der Waals surface area contributed by atoms with Gasteiger partial charge in [-0.05, 0) is 18.6 Å². The van der Waals surface area contributed by atoms with Gasteiger partial charge in [0.2, 0.25) is 6.79 Å². The Bertz CT molecular complexity index is 678. The summed E-state index contributed by atoms with van der Waals surface area (Å²) in [4.78, 5) is 8.92. The molecule has 0 unspecified atom stereocenters. The van der Waals surface area contributed by atoms with Crippen molar-refractivity contribution >= 4 is 17.4 Å². The van der Waals surface area contributed by atoms with Gasteiger partial charge in [0, 0.05) is 17.3 Å². The van der Waals surface area contributed by atoms with Crippen LogP contribution in [0.5, 0.6) is 11.5 Å². The number of aromatic nitrogens is 2. The maximum atomic E-state index is 6.20. The van der Waals surface area contributed by atoms with Crippen LogP contribution in [0.25, 0.3) is 11.4 Å². The zero-order valence-electron chi connectivity index (χ0n) is 11.5. The van der Waals surface area contributed by atoms with Crippen molar-refractivity contribution < 1.29 is 9.47 Å². The Balaban J connectivity index is 2.07. The number of rotatable bonds is 4. The maximum absolute atomic E-state index is 6.20. The predicted molar refractivity (Wildman–Crippen MR) is 80.4 cm³/mol. The molecule has 0 spiro atoms. The summed E-state index contributed by atoms with van der Waals surface area (Å²) in [7, 11) is 0. The number of halogens is 1. The third-order valence-electron chi connectivity index (χ3n) is 3.12. The van der Waals surface area contributed by atoms with E-state index < -0.39 is 0 Å². The minimum absolute atomic E-state index is 0.171. The van der Waals surface area contributed by atoms with E-state index in [1.54, 1.807) is 6.07 Å². The Morgan fingerprint density at radius 2 is 2.14 bits per heavy atom. The summed E-state index contributed by atoms with van der Waals surface area (Å²) in [6.07, 6.45) is 1.84. The van der Waals surface area contributed by atoms with E-state index in [0.717, 1.165) is 24.1 Å². The second-order valence-electron chi connectivity index (χ2n) is 4.65. The lowest BCUT2D eigenvalue weighted by Gasteiger charge is -2.08. The molecule has 6 nitrogen and oxygen atoms in total. The van der Waals surface area contributed by atoms with Crippen LogP contribution in [0.2, 0.25) is 5.02 Å². The summed E-state index contributed by atoms with van der Waals surface area (Å²) in [6, 6.07) is 5.42. The van der Waals surface area contributed by atoms with Crippen LogP contribution in [0.4, 0.5) is 5.82 Å². The molecule has 110 valence electrons. The lowest BCUT2D eigenvalue weighted by molar-refractivity contribution is 0.174. The van der Waals surface area contributed by atoms with E-state index in [-0.39, 0.29) is 6.79 Å². The van der Waals surface area contributed by atoms with Crippen LogP contribution in [0.1, 0.15) is 19.0 Å². The Morgan fingerprint density at radius 3 is 2.90 bits per heavy atom. The molecule has 0 saturated carbocycles. The van der Waals surface area contributed by atoms with Crippen molar-refractivity contribution in [1.82, 2.24) is 9.97 Å². The second-order valence-corrected chi connectivity index (χ2v) is 5.06. The zero-order chi connectivity index (χ0) is 14.8. The lowest BCUT2D eigenvalue weighted by Crippen LogP contribution is -2.10. The first kappa shape index (κ1) is 13.9. The first-order valence-corrected chi connectivity index (χ1v) is 7.03.